The average molecular weight is 434 g/mol. The lowest BCUT2D eigenvalue weighted by Crippen LogP contribution is -2.16. The Kier molecular flexibility index (Phi) is 7.86. The molecule has 0 aliphatic rings. The van der Waals surface area contributed by atoms with Gasteiger partial charge in [-0.15, -0.1) is 0 Å². The van der Waals surface area contributed by atoms with Crippen LogP contribution in [0, 0.1) is 0 Å². The third-order valence-corrected chi connectivity index (χ3v) is 4.99. The van der Waals surface area contributed by atoms with Crippen molar-refractivity contribution in [2.45, 2.75) is 39.2 Å². The molecule has 0 aliphatic heterocycles. The van der Waals surface area contributed by atoms with E-state index >= 15 is 0 Å². The topological polar surface area (TPSA) is 84.9 Å². The number of hydrogen-bond acceptors (Lipinski definition) is 4. The minimum absolute atomic E-state index is 0.0564. The molecule has 166 valence electrons. The average Bonchev–Trinajstić information content (AvgIpc) is 2.80. The van der Waals surface area contributed by atoms with Crippen molar-refractivity contribution in [3.05, 3.63) is 83.9 Å². The molecule has 0 unspecified atom stereocenters. The third kappa shape index (κ3) is 6.35. The predicted octanol–water partition coefficient (Wildman–Crippen LogP) is 5.93. The Morgan fingerprint density at radius 2 is 1.41 bits per heavy atom. The number of amides is 1. The van der Waals surface area contributed by atoms with Gasteiger partial charge in [0.05, 0.1) is 23.8 Å². The predicted molar refractivity (Wildman–Crippen MR) is 124 cm³/mol. The number of anilines is 1. The van der Waals surface area contributed by atoms with Crippen LogP contribution in [0.15, 0.2) is 72.8 Å². The summed E-state index contributed by atoms with van der Waals surface area (Å²) in [5.41, 5.74) is 1.12. The van der Waals surface area contributed by atoms with Crippen molar-refractivity contribution in [1.29, 1.82) is 0 Å². The number of carbonyl (C=O) groups excluding carboxylic acids is 1. The first-order valence-corrected chi connectivity index (χ1v) is 10.6. The van der Waals surface area contributed by atoms with E-state index in [4.69, 9.17) is 9.47 Å². The Bertz CT molecular complexity index is 1040. The summed E-state index contributed by atoms with van der Waals surface area (Å²) in [6.07, 6.45) is 2.26. The molecule has 0 spiro atoms. The van der Waals surface area contributed by atoms with Crippen molar-refractivity contribution >= 4 is 17.6 Å². The van der Waals surface area contributed by atoms with Crippen LogP contribution in [-0.2, 0) is 11.2 Å². The smallest absolute Gasteiger partial charge is 0.337 e. The number of hydrogen-bond donors (Lipinski definition) is 2. The number of ether oxygens (including phenoxy) is 2. The van der Waals surface area contributed by atoms with Gasteiger partial charge in [0.15, 0.2) is 0 Å². The zero-order chi connectivity index (χ0) is 22.9. The van der Waals surface area contributed by atoms with Crippen molar-refractivity contribution in [1.82, 2.24) is 0 Å². The maximum atomic E-state index is 12.3. The molecule has 6 nitrogen and oxygen atoms in total. The van der Waals surface area contributed by atoms with Crippen LogP contribution in [0.3, 0.4) is 0 Å². The standard InChI is InChI=1S/C26H27NO5/c1-3-19(4-2)31-21-13-15-22(16-14-21)32-20-11-9-18(10-12-20)17-25(28)27-24-8-6-5-7-23(24)26(29)30/h5-16,19H,3-4,17H2,1-2H3,(H,27,28)(H,29,30). The lowest BCUT2D eigenvalue weighted by molar-refractivity contribution is -0.115. The summed E-state index contributed by atoms with van der Waals surface area (Å²) in [6, 6.07) is 21.0. The Hall–Kier alpha value is -3.80. The van der Waals surface area contributed by atoms with Crippen LogP contribution < -0.4 is 14.8 Å². The van der Waals surface area contributed by atoms with Crippen LogP contribution in [-0.4, -0.2) is 23.1 Å². The SMILES string of the molecule is CCC(CC)Oc1ccc(Oc2ccc(CC(=O)Nc3ccccc3C(=O)O)cc2)cc1. The number of para-hydroxylation sites is 1. The minimum Gasteiger partial charge on any atom is -0.490 e. The molecule has 0 saturated heterocycles. The fourth-order valence-corrected chi connectivity index (χ4v) is 3.20. The van der Waals surface area contributed by atoms with E-state index in [0.29, 0.717) is 11.5 Å². The number of carboxylic acid groups (broad SMARTS) is 1. The molecule has 32 heavy (non-hydrogen) atoms. The largest absolute Gasteiger partial charge is 0.490 e. The minimum atomic E-state index is -1.09. The fourth-order valence-electron chi connectivity index (χ4n) is 3.20. The van der Waals surface area contributed by atoms with Gasteiger partial charge in [0, 0.05) is 0 Å². The summed E-state index contributed by atoms with van der Waals surface area (Å²) in [6.45, 7) is 4.21. The van der Waals surface area contributed by atoms with Gasteiger partial charge in [-0.25, -0.2) is 4.79 Å². The molecule has 3 aromatic carbocycles. The molecule has 0 fully saturated rings. The maximum absolute atomic E-state index is 12.3. The lowest BCUT2D eigenvalue weighted by Gasteiger charge is -2.15. The van der Waals surface area contributed by atoms with Gasteiger partial charge in [0.2, 0.25) is 5.91 Å². The molecule has 6 heteroatoms. The van der Waals surface area contributed by atoms with E-state index in [1.54, 1.807) is 30.3 Å². The molecule has 0 saturated carbocycles. The molecule has 0 heterocycles. The summed E-state index contributed by atoms with van der Waals surface area (Å²) in [5.74, 6) is 0.784. The highest BCUT2D eigenvalue weighted by Gasteiger charge is 2.12. The molecule has 0 radical (unpaired) electrons. The van der Waals surface area contributed by atoms with E-state index in [2.05, 4.69) is 19.2 Å². The number of rotatable bonds is 10. The first-order chi connectivity index (χ1) is 15.5. The van der Waals surface area contributed by atoms with Crippen LogP contribution in [0.4, 0.5) is 5.69 Å². The maximum Gasteiger partial charge on any atom is 0.337 e. The van der Waals surface area contributed by atoms with E-state index in [1.165, 1.54) is 6.07 Å². The van der Waals surface area contributed by atoms with Crippen LogP contribution >= 0.6 is 0 Å². The van der Waals surface area contributed by atoms with E-state index in [-0.39, 0.29) is 29.7 Å². The molecule has 0 atom stereocenters. The van der Waals surface area contributed by atoms with Crippen molar-refractivity contribution in [2.24, 2.45) is 0 Å². The fraction of sp³-hybridized carbons (Fsp3) is 0.231. The van der Waals surface area contributed by atoms with Crippen LogP contribution in [0.2, 0.25) is 0 Å². The summed E-state index contributed by atoms with van der Waals surface area (Å²) in [7, 11) is 0. The van der Waals surface area contributed by atoms with Gasteiger partial charge in [0.25, 0.3) is 0 Å². The van der Waals surface area contributed by atoms with E-state index < -0.39 is 5.97 Å². The molecular formula is C26H27NO5. The molecule has 2 N–H and O–H groups in total. The van der Waals surface area contributed by atoms with Crippen molar-refractivity contribution in [3.8, 4) is 17.2 Å². The summed E-state index contributed by atoms with van der Waals surface area (Å²) in [4.78, 5) is 23.6. The Balaban J connectivity index is 1.56. The third-order valence-electron chi connectivity index (χ3n) is 4.99. The Labute approximate surface area is 187 Å². The van der Waals surface area contributed by atoms with Gasteiger partial charge in [-0.2, -0.15) is 0 Å². The first kappa shape index (κ1) is 22.9. The molecule has 3 rings (SSSR count). The number of benzene rings is 3. The van der Waals surface area contributed by atoms with Gasteiger partial charge in [-0.3, -0.25) is 4.79 Å². The number of carboxylic acids is 1. The number of carbonyl (C=O) groups is 2. The van der Waals surface area contributed by atoms with Gasteiger partial charge in [0.1, 0.15) is 17.2 Å². The van der Waals surface area contributed by atoms with Crippen LogP contribution in [0.25, 0.3) is 0 Å². The van der Waals surface area contributed by atoms with E-state index in [1.807, 2.05) is 36.4 Å². The van der Waals surface area contributed by atoms with Gasteiger partial charge in [-0.1, -0.05) is 38.1 Å². The van der Waals surface area contributed by atoms with Crippen LogP contribution in [0.5, 0.6) is 17.2 Å². The second-order valence-corrected chi connectivity index (χ2v) is 7.35. The van der Waals surface area contributed by atoms with Crippen molar-refractivity contribution < 1.29 is 24.2 Å². The number of aromatic carboxylic acids is 1. The van der Waals surface area contributed by atoms with E-state index in [9.17, 15) is 14.7 Å². The van der Waals surface area contributed by atoms with Crippen LogP contribution in [0.1, 0.15) is 42.6 Å². The number of nitrogens with one attached hydrogen (secondary N) is 1. The highest BCUT2D eigenvalue weighted by Crippen LogP contribution is 2.25. The van der Waals surface area contributed by atoms with Gasteiger partial charge < -0.3 is 19.9 Å². The Morgan fingerprint density at radius 3 is 2.00 bits per heavy atom. The normalized spacial score (nSPS) is 10.6. The second kappa shape index (κ2) is 11.0. The second-order valence-electron chi connectivity index (χ2n) is 7.35. The first-order valence-electron chi connectivity index (χ1n) is 10.6. The summed E-state index contributed by atoms with van der Waals surface area (Å²) >= 11 is 0. The molecule has 3 aromatic rings. The molecule has 0 aliphatic carbocycles. The lowest BCUT2D eigenvalue weighted by atomic mass is 10.1. The molecular weight excluding hydrogens is 406 g/mol. The zero-order valence-corrected chi connectivity index (χ0v) is 18.2. The molecule has 0 aromatic heterocycles. The van der Waals surface area contributed by atoms with Gasteiger partial charge in [-0.05, 0) is 66.9 Å². The highest BCUT2D eigenvalue weighted by molar-refractivity contribution is 6.00. The quantitative estimate of drug-likeness (QED) is 0.414. The highest BCUT2D eigenvalue weighted by atomic mass is 16.5. The zero-order valence-electron chi connectivity index (χ0n) is 18.2. The monoisotopic (exact) mass is 433 g/mol. The Morgan fingerprint density at radius 1 is 0.844 bits per heavy atom. The van der Waals surface area contributed by atoms with Crippen molar-refractivity contribution in [3.63, 3.8) is 0 Å². The summed E-state index contributed by atoms with van der Waals surface area (Å²) in [5, 5.41) is 11.9. The van der Waals surface area contributed by atoms with Crippen molar-refractivity contribution in [2.75, 3.05) is 5.32 Å². The van der Waals surface area contributed by atoms with Gasteiger partial charge >= 0.3 is 5.97 Å². The summed E-state index contributed by atoms with van der Waals surface area (Å²) < 4.78 is 11.8. The van der Waals surface area contributed by atoms with E-state index in [0.717, 1.165) is 24.2 Å². The molecule has 0 bridgehead atoms. The molecule has 1 amide bonds.